The van der Waals surface area contributed by atoms with Crippen molar-refractivity contribution in [1.82, 2.24) is 0 Å². The van der Waals surface area contributed by atoms with Gasteiger partial charge in [-0.25, -0.2) is 4.79 Å². The maximum Gasteiger partial charge on any atom is 0.342 e. The van der Waals surface area contributed by atoms with Gasteiger partial charge in [-0.15, -0.1) is 11.3 Å². The summed E-state index contributed by atoms with van der Waals surface area (Å²) in [6.07, 6.45) is 6.05. The van der Waals surface area contributed by atoms with Gasteiger partial charge in [0.2, 0.25) is 5.91 Å². The molecule has 158 valence electrons. The lowest BCUT2D eigenvalue weighted by molar-refractivity contribution is -0.123. The first-order valence-corrected chi connectivity index (χ1v) is 11.3. The van der Waals surface area contributed by atoms with Crippen LogP contribution in [-0.4, -0.2) is 23.9 Å². The Morgan fingerprint density at radius 1 is 1.00 bits per heavy atom. The molecule has 30 heavy (non-hydrogen) atoms. The molecule has 0 saturated heterocycles. The van der Waals surface area contributed by atoms with Crippen LogP contribution in [0.1, 0.15) is 65.0 Å². The number of carbonyl (C=O) groups excluding carboxylic acids is 3. The minimum Gasteiger partial charge on any atom is -0.449 e. The number of hydrogen-bond donors (Lipinski definition) is 2. The fraction of sp³-hybridized carbons (Fsp3) is 0.435. The molecule has 1 unspecified atom stereocenters. The fourth-order valence-electron chi connectivity index (χ4n) is 4.20. The second-order valence-electron chi connectivity index (χ2n) is 7.97. The topological polar surface area (TPSA) is 84.5 Å². The molecule has 1 aromatic carbocycles. The molecule has 4 rings (SSSR count). The smallest absolute Gasteiger partial charge is 0.342 e. The van der Waals surface area contributed by atoms with E-state index in [0.29, 0.717) is 10.6 Å². The molecule has 7 heteroatoms. The van der Waals surface area contributed by atoms with Crippen LogP contribution in [0.25, 0.3) is 0 Å². The number of benzene rings is 1. The van der Waals surface area contributed by atoms with Crippen molar-refractivity contribution < 1.29 is 19.1 Å². The third-order valence-corrected chi connectivity index (χ3v) is 6.89. The van der Waals surface area contributed by atoms with Gasteiger partial charge in [-0.2, -0.15) is 0 Å². The Hall–Kier alpha value is -2.67. The first-order valence-electron chi connectivity index (χ1n) is 10.5. The highest BCUT2D eigenvalue weighted by atomic mass is 32.1. The predicted molar refractivity (Wildman–Crippen MR) is 117 cm³/mol. The van der Waals surface area contributed by atoms with E-state index in [9.17, 15) is 14.4 Å². The second kappa shape index (κ2) is 8.60. The zero-order chi connectivity index (χ0) is 21.3. The van der Waals surface area contributed by atoms with Crippen LogP contribution in [0.2, 0.25) is 0 Å². The molecule has 2 amide bonds. The van der Waals surface area contributed by atoms with Crippen LogP contribution in [0.5, 0.6) is 0 Å². The zero-order valence-corrected chi connectivity index (χ0v) is 18.1. The van der Waals surface area contributed by atoms with Crippen molar-refractivity contribution in [2.45, 2.75) is 64.9 Å². The Labute approximate surface area is 180 Å². The first-order chi connectivity index (χ1) is 14.4. The first kappa shape index (κ1) is 20.6. The quantitative estimate of drug-likeness (QED) is 0.700. The number of hydrogen-bond acceptors (Lipinski definition) is 5. The Morgan fingerprint density at radius 2 is 1.77 bits per heavy atom. The lowest BCUT2D eigenvalue weighted by Crippen LogP contribution is -2.30. The predicted octanol–water partition coefficient (Wildman–Crippen LogP) is 4.26. The van der Waals surface area contributed by atoms with Gasteiger partial charge in [0.05, 0.1) is 5.56 Å². The van der Waals surface area contributed by atoms with Crippen LogP contribution < -0.4 is 10.6 Å². The van der Waals surface area contributed by atoms with E-state index in [1.807, 2.05) is 18.2 Å². The summed E-state index contributed by atoms with van der Waals surface area (Å²) in [7, 11) is 0. The molecule has 1 atom stereocenters. The Bertz CT molecular complexity index is 1010. The van der Waals surface area contributed by atoms with Gasteiger partial charge in [0.15, 0.2) is 6.10 Å². The maximum absolute atomic E-state index is 13.0. The number of nitrogens with one attached hydrogen (secondary N) is 2. The number of fused-ring (bicyclic) bond motifs is 2. The van der Waals surface area contributed by atoms with E-state index >= 15 is 0 Å². The van der Waals surface area contributed by atoms with Crippen LogP contribution in [0.3, 0.4) is 0 Å². The van der Waals surface area contributed by atoms with Gasteiger partial charge in [-0.1, -0.05) is 6.07 Å². The summed E-state index contributed by atoms with van der Waals surface area (Å²) in [5.41, 5.74) is 4.67. The Kier molecular flexibility index (Phi) is 5.90. The number of carbonyl (C=O) groups is 3. The Balaban J connectivity index is 1.47. The van der Waals surface area contributed by atoms with Crippen molar-refractivity contribution in [3.05, 3.63) is 45.3 Å². The number of amides is 2. The third kappa shape index (κ3) is 4.26. The van der Waals surface area contributed by atoms with Crippen LogP contribution in [0, 0.1) is 0 Å². The monoisotopic (exact) mass is 426 g/mol. The summed E-state index contributed by atoms with van der Waals surface area (Å²) in [4.78, 5) is 38.3. The van der Waals surface area contributed by atoms with Crippen molar-refractivity contribution in [2.75, 3.05) is 10.6 Å². The summed E-state index contributed by atoms with van der Waals surface area (Å²) < 4.78 is 5.51. The molecule has 2 N–H and O–H groups in total. The molecule has 0 fully saturated rings. The van der Waals surface area contributed by atoms with Gasteiger partial charge >= 0.3 is 5.97 Å². The normalized spacial score (nSPS) is 15.7. The number of thiophene rings is 1. The molecule has 1 aromatic heterocycles. The van der Waals surface area contributed by atoms with Crippen LogP contribution in [-0.2, 0) is 40.0 Å². The maximum atomic E-state index is 13.0. The molecule has 0 spiro atoms. The summed E-state index contributed by atoms with van der Waals surface area (Å²) in [5, 5.41) is 6.12. The molecule has 1 heterocycles. The van der Waals surface area contributed by atoms with Crippen molar-refractivity contribution in [3.8, 4) is 0 Å². The van der Waals surface area contributed by atoms with Gasteiger partial charge in [0, 0.05) is 17.5 Å². The van der Waals surface area contributed by atoms with Crippen molar-refractivity contribution >= 4 is 39.8 Å². The molecule has 6 nitrogen and oxygen atoms in total. The lowest BCUT2D eigenvalue weighted by Gasteiger charge is -2.16. The average Bonchev–Trinajstić information content (AvgIpc) is 3.30. The van der Waals surface area contributed by atoms with E-state index in [2.05, 4.69) is 10.6 Å². The van der Waals surface area contributed by atoms with E-state index in [1.54, 1.807) is 6.92 Å². The molecule has 0 radical (unpaired) electrons. The molecule has 0 saturated carbocycles. The van der Waals surface area contributed by atoms with Crippen LogP contribution >= 0.6 is 11.3 Å². The number of esters is 1. The number of anilines is 2. The number of rotatable bonds is 5. The van der Waals surface area contributed by atoms with Crippen LogP contribution in [0.15, 0.2) is 18.2 Å². The zero-order valence-electron chi connectivity index (χ0n) is 17.3. The van der Waals surface area contributed by atoms with E-state index in [4.69, 9.17) is 4.74 Å². The van der Waals surface area contributed by atoms with Gasteiger partial charge in [0.1, 0.15) is 5.00 Å². The van der Waals surface area contributed by atoms with E-state index in [0.717, 1.165) is 61.1 Å². The minimum atomic E-state index is -0.949. The van der Waals surface area contributed by atoms with E-state index in [1.165, 1.54) is 29.4 Å². The van der Waals surface area contributed by atoms with Crippen LogP contribution in [0.4, 0.5) is 10.7 Å². The number of aryl methyl sites for hydroxylation is 3. The van der Waals surface area contributed by atoms with Crippen molar-refractivity contribution in [1.29, 1.82) is 0 Å². The van der Waals surface area contributed by atoms with Crippen molar-refractivity contribution in [3.63, 3.8) is 0 Å². The molecular weight excluding hydrogens is 400 g/mol. The third-order valence-electron chi connectivity index (χ3n) is 5.68. The molecular formula is C23H26N2O4S. The molecule has 2 aliphatic carbocycles. The highest BCUT2D eigenvalue weighted by Gasteiger charge is 2.29. The SMILES string of the molecule is CC(=O)Nc1sc2c(c1C(=O)OC(C)C(=O)Nc1ccc3c(c1)CCC3)CCCC2. The summed E-state index contributed by atoms with van der Waals surface area (Å²) in [6, 6.07) is 5.94. The average molecular weight is 427 g/mol. The second-order valence-corrected chi connectivity index (χ2v) is 9.08. The summed E-state index contributed by atoms with van der Waals surface area (Å²) in [5.74, 6) is -1.16. The molecule has 0 bridgehead atoms. The highest BCUT2D eigenvalue weighted by molar-refractivity contribution is 7.17. The lowest BCUT2D eigenvalue weighted by atomic mass is 9.95. The summed E-state index contributed by atoms with van der Waals surface area (Å²) in [6.45, 7) is 2.98. The highest BCUT2D eigenvalue weighted by Crippen LogP contribution is 2.38. The van der Waals surface area contributed by atoms with E-state index < -0.39 is 12.1 Å². The number of ether oxygens (including phenoxy) is 1. The van der Waals surface area contributed by atoms with Gasteiger partial charge in [-0.05, 0) is 80.7 Å². The van der Waals surface area contributed by atoms with Gasteiger partial charge < -0.3 is 15.4 Å². The molecule has 2 aliphatic rings. The molecule has 0 aliphatic heterocycles. The van der Waals surface area contributed by atoms with Gasteiger partial charge in [-0.3, -0.25) is 9.59 Å². The standard InChI is InChI=1S/C23H26N2O4S/c1-13(21(27)25-17-11-10-15-6-5-7-16(15)12-17)29-23(28)20-18-8-3-4-9-19(18)30-22(20)24-14(2)26/h10-13H,3-9H2,1-2H3,(H,24,26)(H,25,27). The summed E-state index contributed by atoms with van der Waals surface area (Å²) >= 11 is 1.43. The van der Waals surface area contributed by atoms with Crippen molar-refractivity contribution in [2.24, 2.45) is 0 Å². The fourth-order valence-corrected chi connectivity index (χ4v) is 5.52. The van der Waals surface area contributed by atoms with Gasteiger partial charge in [0.25, 0.3) is 5.91 Å². The van der Waals surface area contributed by atoms with E-state index in [-0.39, 0.29) is 11.8 Å². The minimum absolute atomic E-state index is 0.231. The molecule has 2 aromatic rings. The largest absolute Gasteiger partial charge is 0.449 e. The Morgan fingerprint density at radius 3 is 2.57 bits per heavy atom.